The van der Waals surface area contributed by atoms with Crippen molar-refractivity contribution in [2.24, 2.45) is 0 Å². The first kappa shape index (κ1) is 12.4. The van der Waals surface area contributed by atoms with Gasteiger partial charge >= 0.3 is 0 Å². The summed E-state index contributed by atoms with van der Waals surface area (Å²) < 4.78 is 0. The first-order chi connectivity index (χ1) is 9.15. The number of anilines is 1. The van der Waals surface area contributed by atoms with Crippen LogP contribution in [0.15, 0.2) is 6.07 Å². The lowest BCUT2D eigenvalue weighted by molar-refractivity contribution is 0.103. The standard InChI is InChI=1S/C14H17N3OS/c1-8-9(2)16-17-13(8)15-14(18)12-7-10-5-3-4-6-11(10)19-12/h7H,3-6H2,1-2H3,(H2,15,16,17,18). The topological polar surface area (TPSA) is 57.8 Å². The van der Waals surface area contributed by atoms with Crippen LogP contribution in [-0.4, -0.2) is 16.1 Å². The summed E-state index contributed by atoms with van der Waals surface area (Å²) in [5, 5.41) is 9.88. The zero-order valence-electron chi connectivity index (χ0n) is 11.2. The molecule has 4 nitrogen and oxygen atoms in total. The summed E-state index contributed by atoms with van der Waals surface area (Å²) in [5.74, 6) is 0.586. The van der Waals surface area contributed by atoms with Gasteiger partial charge in [-0.15, -0.1) is 11.3 Å². The van der Waals surface area contributed by atoms with Gasteiger partial charge in [-0.3, -0.25) is 9.89 Å². The van der Waals surface area contributed by atoms with Gasteiger partial charge in [-0.2, -0.15) is 5.10 Å². The fourth-order valence-electron chi connectivity index (χ4n) is 2.38. The summed E-state index contributed by atoms with van der Waals surface area (Å²) in [6.45, 7) is 3.90. The van der Waals surface area contributed by atoms with Crippen LogP contribution in [-0.2, 0) is 12.8 Å². The van der Waals surface area contributed by atoms with Crippen molar-refractivity contribution in [1.29, 1.82) is 0 Å². The third kappa shape index (κ3) is 2.30. The van der Waals surface area contributed by atoms with E-state index < -0.39 is 0 Å². The quantitative estimate of drug-likeness (QED) is 0.884. The van der Waals surface area contributed by atoms with Gasteiger partial charge in [0, 0.05) is 16.1 Å². The molecule has 3 rings (SSSR count). The van der Waals surface area contributed by atoms with Crippen LogP contribution in [0.4, 0.5) is 5.82 Å². The van der Waals surface area contributed by atoms with E-state index >= 15 is 0 Å². The number of rotatable bonds is 2. The van der Waals surface area contributed by atoms with E-state index in [9.17, 15) is 4.79 Å². The summed E-state index contributed by atoms with van der Waals surface area (Å²) in [6, 6.07) is 2.04. The summed E-state index contributed by atoms with van der Waals surface area (Å²) >= 11 is 1.63. The molecule has 5 heteroatoms. The van der Waals surface area contributed by atoms with Crippen LogP contribution in [0.5, 0.6) is 0 Å². The van der Waals surface area contributed by atoms with Crippen molar-refractivity contribution < 1.29 is 4.79 Å². The van der Waals surface area contributed by atoms with Crippen LogP contribution in [0.3, 0.4) is 0 Å². The molecule has 0 aliphatic heterocycles. The molecule has 0 bridgehead atoms. The third-order valence-corrected chi connectivity index (χ3v) is 4.94. The van der Waals surface area contributed by atoms with Gasteiger partial charge in [0.1, 0.15) is 0 Å². The van der Waals surface area contributed by atoms with E-state index in [-0.39, 0.29) is 5.91 Å². The lowest BCUT2D eigenvalue weighted by Gasteiger charge is -2.08. The molecule has 1 aliphatic carbocycles. The molecule has 2 aromatic heterocycles. The monoisotopic (exact) mass is 275 g/mol. The summed E-state index contributed by atoms with van der Waals surface area (Å²) in [5.41, 5.74) is 3.34. The molecular formula is C14H17N3OS. The highest BCUT2D eigenvalue weighted by Crippen LogP contribution is 2.30. The second kappa shape index (κ2) is 4.81. The first-order valence-corrected chi connectivity index (χ1v) is 7.41. The molecule has 0 atom stereocenters. The second-order valence-electron chi connectivity index (χ2n) is 5.04. The molecule has 0 unspecified atom stereocenters. The summed E-state index contributed by atoms with van der Waals surface area (Å²) in [4.78, 5) is 14.4. The van der Waals surface area contributed by atoms with Crippen molar-refractivity contribution in [1.82, 2.24) is 10.2 Å². The average molecular weight is 275 g/mol. The maximum Gasteiger partial charge on any atom is 0.266 e. The molecule has 2 aromatic rings. The first-order valence-electron chi connectivity index (χ1n) is 6.59. The van der Waals surface area contributed by atoms with Crippen LogP contribution < -0.4 is 5.32 Å². The minimum absolute atomic E-state index is 0.0472. The van der Waals surface area contributed by atoms with Crippen LogP contribution in [0, 0.1) is 13.8 Å². The third-order valence-electron chi connectivity index (χ3n) is 3.71. The van der Waals surface area contributed by atoms with E-state index in [0.29, 0.717) is 5.82 Å². The number of hydrogen-bond acceptors (Lipinski definition) is 3. The minimum atomic E-state index is -0.0472. The predicted octanol–water partition coefficient (Wildman–Crippen LogP) is 3.22. The number of nitrogens with zero attached hydrogens (tertiary/aromatic N) is 1. The highest BCUT2D eigenvalue weighted by Gasteiger charge is 2.18. The predicted molar refractivity (Wildman–Crippen MR) is 77.0 cm³/mol. The Kier molecular flexibility index (Phi) is 3.14. The molecule has 0 fully saturated rings. The van der Waals surface area contributed by atoms with E-state index in [1.807, 2.05) is 19.9 Å². The van der Waals surface area contributed by atoms with Crippen LogP contribution in [0.2, 0.25) is 0 Å². The van der Waals surface area contributed by atoms with Gasteiger partial charge in [0.25, 0.3) is 5.91 Å². The molecule has 19 heavy (non-hydrogen) atoms. The van der Waals surface area contributed by atoms with Crippen molar-refractivity contribution >= 4 is 23.1 Å². The average Bonchev–Trinajstić information content (AvgIpc) is 2.97. The molecule has 2 heterocycles. The maximum atomic E-state index is 12.2. The molecule has 0 spiro atoms. The molecule has 2 N–H and O–H groups in total. The Balaban J connectivity index is 1.80. The number of aryl methyl sites for hydroxylation is 3. The number of aromatic amines is 1. The Labute approximate surface area is 116 Å². The van der Waals surface area contributed by atoms with E-state index in [1.165, 1.54) is 23.3 Å². The van der Waals surface area contributed by atoms with E-state index in [2.05, 4.69) is 15.5 Å². The number of carbonyl (C=O) groups is 1. The van der Waals surface area contributed by atoms with Crippen LogP contribution >= 0.6 is 11.3 Å². The molecule has 0 aromatic carbocycles. The van der Waals surface area contributed by atoms with Gasteiger partial charge in [0.2, 0.25) is 0 Å². The number of nitrogens with one attached hydrogen (secondary N) is 2. The lowest BCUT2D eigenvalue weighted by atomic mass is 9.99. The lowest BCUT2D eigenvalue weighted by Crippen LogP contribution is -2.11. The fourth-order valence-corrected chi connectivity index (χ4v) is 3.53. The zero-order chi connectivity index (χ0) is 13.4. The molecule has 0 radical (unpaired) electrons. The Morgan fingerprint density at radius 3 is 2.84 bits per heavy atom. The van der Waals surface area contributed by atoms with Gasteiger partial charge in [-0.1, -0.05) is 0 Å². The molecular weight excluding hydrogens is 258 g/mol. The van der Waals surface area contributed by atoms with Gasteiger partial charge in [0.15, 0.2) is 5.82 Å². The van der Waals surface area contributed by atoms with Crippen LogP contribution in [0.25, 0.3) is 0 Å². The minimum Gasteiger partial charge on any atom is -0.304 e. The largest absolute Gasteiger partial charge is 0.304 e. The van der Waals surface area contributed by atoms with Gasteiger partial charge in [-0.05, 0) is 51.2 Å². The van der Waals surface area contributed by atoms with E-state index in [0.717, 1.165) is 29.0 Å². The summed E-state index contributed by atoms with van der Waals surface area (Å²) in [7, 11) is 0. The second-order valence-corrected chi connectivity index (χ2v) is 6.18. The van der Waals surface area contributed by atoms with Gasteiger partial charge < -0.3 is 5.32 Å². The Morgan fingerprint density at radius 2 is 2.16 bits per heavy atom. The highest BCUT2D eigenvalue weighted by atomic mass is 32.1. The van der Waals surface area contributed by atoms with Crippen molar-refractivity contribution in [3.63, 3.8) is 0 Å². The number of carbonyl (C=O) groups excluding carboxylic acids is 1. The summed E-state index contributed by atoms with van der Waals surface area (Å²) in [6.07, 6.45) is 4.71. The molecule has 1 amide bonds. The zero-order valence-corrected chi connectivity index (χ0v) is 12.0. The van der Waals surface area contributed by atoms with Gasteiger partial charge in [0.05, 0.1) is 4.88 Å². The fraction of sp³-hybridized carbons (Fsp3) is 0.429. The molecule has 100 valence electrons. The number of thiophene rings is 1. The Hall–Kier alpha value is -1.62. The number of amides is 1. The van der Waals surface area contributed by atoms with E-state index in [1.54, 1.807) is 11.3 Å². The van der Waals surface area contributed by atoms with Gasteiger partial charge in [-0.25, -0.2) is 0 Å². The maximum absolute atomic E-state index is 12.2. The van der Waals surface area contributed by atoms with Crippen molar-refractivity contribution in [2.45, 2.75) is 39.5 Å². The number of fused-ring (bicyclic) bond motifs is 1. The number of hydrogen-bond donors (Lipinski definition) is 2. The SMILES string of the molecule is Cc1[nH]nc(NC(=O)c2cc3c(s2)CCCC3)c1C. The van der Waals surface area contributed by atoms with E-state index in [4.69, 9.17) is 0 Å². The Bertz CT molecular complexity index is 603. The molecule has 1 aliphatic rings. The number of aromatic nitrogens is 2. The smallest absolute Gasteiger partial charge is 0.266 e. The Morgan fingerprint density at radius 1 is 1.37 bits per heavy atom. The number of H-pyrrole nitrogens is 1. The van der Waals surface area contributed by atoms with Crippen molar-refractivity contribution in [3.05, 3.63) is 32.6 Å². The normalized spacial score (nSPS) is 14.2. The van der Waals surface area contributed by atoms with Crippen LogP contribution in [0.1, 0.15) is 44.2 Å². The molecule has 0 saturated carbocycles. The molecule has 0 saturated heterocycles. The highest BCUT2D eigenvalue weighted by molar-refractivity contribution is 7.14. The van der Waals surface area contributed by atoms with Crippen molar-refractivity contribution in [2.75, 3.05) is 5.32 Å². The van der Waals surface area contributed by atoms with Crippen molar-refractivity contribution in [3.8, 4) is 0 Å².